The van der Waals surface area contributed by atoms with Gasteiger partial charge in [-0.2, -0.15) is 0 Å². The predicted octanol–water partition coefficient (Wildman–Crippen LogP) is 4.75. The second-order valence-corrected chi connectivity index (χ2v) is 6.04. The van der Waals surface area contributed by atoms with Crippen LogP contribution in [-0.2, 0) is 6.61 Å². The lowest BCUT2D eigenvalue weighted by molar-refractivity contribution is 0.101. The Kier molecular flexibility index (Phi) is 3.95. The Morgan fingerprint density at radius 3 is 2.52 bits per heavy atom. The highest BCUT2D eigenvalue weighted by molar-refractivity contribution is 6.13. The summed E-state index contributed by atoms with van der Waals surface area (Å²) in [5.41, 5.74) is 4.70. The highest BCUT2D eigenvalue weighted by Crippen LogP contribution is 2.39. The van der Waals surface area contributed by atoms with E-state index in [9.17, 15) is 4.79 Å². The van der Waals surface area contributed by atoms with E-state index in [1.807, 2.05) is 39.0 Å². The van der Waals surface area contributed by atoms with E-state index in [2.05, 4.69) is 19.1 Å². The molecule has 23 heavy (non-hydrogen) atoms. The van der Waals surface area contributed by atoms with E-state index in [-0.39, 0.29) is 5.78 Å². The third kappa shape index (κ3) is 2.74. The number of hydrogen-bond donors (Lipinski definition) is 0. The Morgan fingerprint density at radius 1 is 1.09 bits per heavy atom. The Balaban J connectivity index is 1.87. The van der Waals surface area contributed by atoms with Crippen molar-refractivity contribution in [3.63, 3.8) is 0 Å². The van der Waals surface area contributed by atoms with Crippen LogP contribution in [0.1, 0.15) is 40.9 Å². The maximum atomic E-state index is 12.3. The number of allylic oxidation sites excluding steroid dienone is 2. The normalized spacial score (nSPS) is 12.9. The third-order valence-corrected chi connectivity index (χ3v) is 4.11. The van der Waals surface area contributed by atoms with Crippen LogP contribution in [-0.4, -0.2) is 5.78 Å². The van der Waals surface area contributed by atoms with Crippen molar-refractivity contribution in [2.24, 2.45) is 0 Å². The van der Waals surface area contributed by atoms with Crippen LogP contribution in [0.25, 0.3) is 0 Å². The summed E-state index contributed by atoms with van der Waals surface area (Å²) >= 11 is 0. The van der Waals surface area contributed by atoms with Gasteiger partial charge in [-0.1, -0.05) is 24.3 Å². The molecule has 0 unspecified atom stereocenters. The van der Waals surface area contributed by atoms with Gasteiger partial charge >= 0.3 is 0 Å². The minimum atomic E-state index is -0.0476. The molecule has 0 saturated carbocycles. The maximum absolute atomic E-state index is 12.3. The average molecular weight is 308 g/mol. The lowest BCUT2D eigenvalue weighted by Gasteiger charge is -2.12. The standard InChI is InChI=1S/C20H20O3/c1-12(2)19-18(21)16-9-10-17(14(4)20(16)23-19)22-11-15-8-6-5-7-13(15)3/h5-10H,11H2,1-4H3. The summed E-state index contributed by atoms with van der Waals surface area (Å²) in [4.78, 5) is 12.3. The Morgan fingerprint density at radius 2 is 1.83 bits per heavy atom. The molecule has 0 fully saturated rings. The summed E-state index contributed by atoms with van der Waals surface area (Å²) < 4.78 is 11.7. The van der Waals surface area contributed by atoms with Gasteiger partial charge in [0.05, 0.1) is 5.56 Å². The van der Waals surface area contributed by atoms with Crippen molar-refractivity contribution in [1.29, 1.82) is 0 Å². The number of Topliss-reactive ketones (excluding diaryl/α,β-unsaturated/α-hetero) is 1. The van der Waals surface area contributed by atoms with Crippen molar-refractivity contribution in [2.75, 3.05) is 0 Å². The summed E-state index contributed by atoms with van der Waals surface area (Å²) in [6.07, 6.45) is 0. The van der Waals surface area contributed by atoms with Crippen molar-refractivity contribution < 1.29 is 14.3 Å². The van der Waals surface area contributed by atoms with Gasteiger partial charge in [-0.3, -0.25) is 4.79 Å². The number of rotatable bonds is 3. The van der Waals surface area contributed by atoms with Gasteiger partial charge in [0.25, 0.3) is 0 Å². The molecule has 3 rings (SSSR count). The first kappa shape index (κ1) is 15.3. The molecule has 0 radical (unpaired) electrons. The fraction of sp³-hybridized carbons (Fsp3) is 0.250. The molecule has 3 heteroatoms. The molecule has 2 aromatic carbocycles. The summed E-state index contributed by atoms with van der Waals surface area (Å²) in [5, 5.41) is 0. The molecule has 2 aromatic rings. The fourth-order valence-corrected chi connectivity index (χ4v) is 2.67. The molecule has 1 aliphatic heterocycles. The number of ketones is 1. The van der Waals surface area contributed by atoms with Gasteiger partial charge in [0.1, 0.15) is 18.1 Å². The smallest absolute Gasteiger partial charge is 0.231 e. The van der Waals surface area contributed by atoms with Crippen LogP contribution in [0.4, 0.5) is 0 Å². The van der Waals surface area contributed by atoms with Crippen LogP contribution in [0.2, 0.25) is 0 Å². The quantitative estimate of drug-likeness (QED) is 0.767. The lowest BCUT2D eigenvalue weighted by Crippen LogP contribution is -2.00. The molecule has 0 bridgehead atoms. The number of fused-ring (bicyclic) bond motifs is 1. The summed E-state index contributed by atoms with van der Waals surface area (Å²) in [5.74, 6) is 1.75. The van der Waals surface area contributed by atoms with Gasteiger partial charge in [-0.05, 0) is 56.5 Å². The molecule has 0 saturated heterocycles. The maximum Gasteiger partial charge on any atom is 0.231 e. The Labute approximate surface area is 136 Å². The molecule has 0 atom stereocenters. The first-order chi connectivity index (χ1) is 11.0. The molecule has 0 aliphatic carbocycles. The number of benzene rings is 2. The summed E-state index contributed by atoms with van der Waals surface area (Å²) in [6, 6.07) is 11.8. The van der Waals surface area contributed by atoms with E-state index in [1.54, 1.807) is 6.07 Å². The molecule has 0 N–H and O–H groups in total. The minimum Gasteiger partial charge on any atom is -0.488 e. The second kappa shape index (κ2) is 5.92. The minimum absolute atomic E-state index is 0.0476. The van der Waals surface area contributed by atoms with Crippen molar-refractivity contribution in [1.82, 2.24) is 0 Å². The lowest BCUT2D eigenvalue weighted by atomic mass is 10.1. The zero-order valence-corrected chi connectivity index (χ0v) is 13.9. The summed E-state index contributed by atoms with van der Waals surface area (Å²) in [7, 11) is 0. The molecular weight excluding hydrogens is 288 g/mol. The van der Waals surface area contributed by atoms with Crippen LogP contribution in [0.15, 0.2) is 47.7 Å². The molecule has 0 aromatic heterocycles. The molecule has 1 heterocycles. The predicted molar refractivity (Wildman–Crippen MR) is 90.0 cm³/mol. The zero-order chi connectivity index (χ0) is 16.6. The highest BCUT2D eigenvalue weighted by atomic mass is 16.5. The van der Waals surface area contributed by atoms with Crippen molar-refractivity contribution in [3.05, 3.63) is 70.0 Å². The van der Waals surface area contributed by atoms with Gasteiger partial charge in [0, 0.05) is 5.56 Å². The van der Waals surface area contributed by atoms with Crippen LogP contribution in [0.3, 0.4) is 0 Å². The van der Waals surface area contributed by atoms with E-state index in [4.69, 9.17) is 9.47 Å². The van der Waals surface area contributed by atoms with Crippen LogP contribution in [0.5, 0.6) is 11.5 Å². The first-order valence-electron chi connectivity index (χ1n) is 7.70. The van der Waals surface area contributed by atoms with E-state index in [1.165, 1.54) is 5.56 Å². The van der Waals surface area contributed by atoms with E-state index < -0.39 is 0 Å². The van der Waals surface area contributed by atoms with Crippen molar-refractivity contribution >= 4 is 5.78 Å². The molecule has 118 valence electrons. The van der Waals surface area contributed by atoms with E-state index in [0.717, 1.165) is 22.4 Å². The van der Waals surface area contributed by atoms with E-state index in [0.29, 0.717) is 23.7 Å². The molecule has 0 spiro atoms. The zero-order valence-electron chi connectivity index (χ0n) is 13.9. The van der Waals surface area contributed by atoms with Gasteiger partial charge in [0.2, 0.25) is 5.78 Å². The molecular formula is C20H20O3. The van der Waals surface area contributed by atoms with Gasteiger partial charge < -0.3 is 9.47 Å². The first-order valence-corrected chi connectivity index (χ1v) is 7.70. The number of carbonyl (C=O) groups is 1. The van der Waals surface area contributed by atoms with E-state index >= 15 is 0 Å². The fourth-order valence-electron chi connectivity index (χ4n) is 2.67. The SMILES string of the molecule is CC(C)=C1Oc2c(ccc(OCc3ccccc3C)c2C)C1=O. The number of ether oxygens (including phenoxy) is 2. The second-order valence-electron chi connectivity index (χ2n) is 6.04. The Bertz CT molecular complexity index is 812. The molecule has 1 aliphatic rings. The third-order valence-electron chi connectivity index (χ3n) is 4.11. The summed E-state index contributed by atoms with van der Waals surface area (Å²) in [6.45, 7) is 8.24. The highest BCUT2D eigenvalue weighted by Gasteiger charge is 2.30. The van der Waals surface area contributed by atoms with Gasteiger partial charge in [0.15, 0.2) is 5.76 Å². The monoisotopic (exact) mass is 308 g/mol. The van der Waals surface area contributed by atoms with Crippen molar-refractivity contribution in [2.45, 2.75) is 34.3 Å². The van der Waals surface area contributed by atoms with Crippen molar-refractivity contribution in [3.8, 4) is 11.5 Å². The topological polar surface area (TPSA) is 35.5 Å². The van der Waals surface area contributed by atoms with Crippen LogP contribution < -0.4 is 9.47 Å². The molecule has 3 nitrogen and oxygen atoms in total. The largest absolute Gasteiger partial charge is 0.488 e. The average Bonchev–Trinajstić information content (AvgIpc) is 2.86. The van der Waals surface area contributed by atoms with Gasteiger partial charge in [-0.15, -0.1) is 0 Å². The number of carbonyl (C=O) groups excluding carboxylic acids is 1. The van der Waals surface area contributed by atoms with Crippen LogP contribution in [0, 0.1) is 13.8 Å². The number of aryl methyl sites for hydroxylation is 1. The van der Waals surface area contributed by atoms with Crippen LogP contribution >= 0.6 is 0 Å². The van der Waals surface area contributed by atoms with Gasteiger partial charge in [-0.25, -0.2) is 0 Å². The molecule has 0 amide bonds. The number of hydrogen-bond acceptors (Lipinski definition) is 3. The Hall–Kier alpha value is -2.55.